The number of hydrogen-bond acceptors (Lipinski definition) is 7. The number of nitrogens with one attached hydrogen (secondary N) is 1. The molecule has 6 rings (SSSR count). The van der Waals surface area contributed by atoms with Gasteiger partial charge in [0.1, 0.15) is 23.7 Å². The zero-order valence-electron chi connectivity index (χ0n) is 27.3. The number of carbonyl (C=O) groups is 4. The van der Waals surface area contributed by atoms with Crippen molar-refractivity contribution in [3.05, 3.63) is 89.5 Å². The number of aliphatic hydroxyl groups excluding tert-OH is 1. The number of hydrogen-bond donors (Lipinski definition) is 2. The highest BCUT2D eigenvalue weighted by atomic mass is 35.5. The first kappa shape index (κ1) is 33.9. The molecule has 2 aromatic carbocycles. The Labute approximate surface area is 285 Å². The fourth-order valence-corrected chi connectivity index (χ4v) is 7.94. The maximum Gasteiger partial charge on any atom is 0.313 e. The highest BCUT2D eigenvalue weighted by molar-refractivity contribution is 6.34. The van der Waals surface area contributed by atoms with Gasteiger partial charge in [0.25, 0.3) is 5.91 Å². The van der Waals surface area contributed by atoms with Crippen molar-refractivity contribution in [2.45, 2.75) is 76.0 Å². The Kier molecular flexibility index (Phi) is 9.79. The maximum absolute atomic E-state index is 14.9. The smallest absolute Gasteiger partial charge is 0.313 e. The number of esters is 1. The quantitative estimate of drug-likeness (QED) is 0.344. The topological polar surface area (TPSA) is 125 Å². The minimum atomic E-state index is -1.55. The fraction of sp³-hybridized carbons (Fsp3) is 0.459. The molecule has 0 aromatic heterocycles. The van der Waals surface area contributed by atoms with Crippen molar-refractivity contribution in [3.63, 3.8) is 0 Å². The molecule has 2 aromatic rings. The molecule has 254 valence electrons. The third kappa shape index (κ3) is 5.84. The summed E-state index contributed by atoms with van der Waals surface area (Å²) in [4.78, 5) is 60.0. The Bertz CT molecular complexity index is 1610. The molecule has 3 amide bonds. The average molecular weight is 676 g/mol. The summed E-state index contributed by atoms with van der Waals surface area (Å²) in [5.74, 6) is -4.16. The largest absolute Gasteiger partial charge is 0.455 e. The molecule has 0 bridgehead atoms. The number of benzene rings is 2. The molecule has 11 heteroatoms. The van der Waals surface area contributed by atoms with Crippen LogP contribution < -0.4 is 10.2 Å². The number of amides is 3. The van der Waals surface area contributed by atoms with Crippen LogP contribution in [0.15, 0.2) is 78.9 Å². The van der Waals surface area contributed by atoms with Crippen LogP contribution in [0.4, 0.5) is 5.69 Å². The van der Waals surface area contributed by atoms with Gasteiger partial charge >= 0.3 is 5.97 Å². The normalized spacial score (nSPS) is 32.5. The number of fused-ring (bicyclic) bond motifs is 2. The van der Waals surface area contributed by atoms with E-state index in [0.717, 1.165) is 0 Å². The fourth-order valence-electron chi connectivity index (χ4n) is 7.70. The Morgan fingerprint density at radius 2 is 1.77 bits per heavy atom. The molecule has 0 aliphatic carbocycles. The van der Waals surface area contributed by atoms with Gasteiger partial charge in [0.15, 0.2) is 0 Å². The molecule has 4 aliphatic heterocycles. The van der Waals surface area contributed by atoms with Crippen LogP contribution in [0, 0.1) is 17.8 Å². The van der Waals surface area contributed by atoms with Crippen LogP contribution in [0.5, 0.6) is 0 Å². The molecule has 2 saturated heterocycles. The SMILES string of the molecule is CC[C@H](C)[C@H](CO)N1C(=O)[C@H]2[C@@H]3C(=O)O[C@@H](c4ccccc4)[C@H](C)NC(=O)CC/C=C\[C@@H]3O[C@]23C=CCN(c2ccccc2Cl)C(=O)[C@H]13. The number of allylic oxidation sites excluding steroid dienone is 1. The molecule has 4 aliphatic rings. The standard InChI is InChI=1S/C37H42ClN3O7/c1-4-22(2)27(21-42)41-33-35(45)40(26-16-9-8-15-25(26)38)20-12-19-37(33)31(34(41)44)30-28(48-37)17-10-11-18-29(43)39-23(3)32(47-36(30)46)24-13-6-5-7-14-24/h5-10,12-17,19,22-23,27-28,30-33,42H,4,11,18,20-21H2,1-3H3,(H,39,43)/b17-10-/t22-,23-,27-,28-,30+,31+,32+,33-,37+/m0/s1. The van der Waals surface area contributed by atoms with Crippen molar-refractivity contribution < 1.29 is 33.8 Å². The van der Waals surface area contributed by atoms with Crippen molar-refractivity contribution >= 4 is 41.0 Å². The lowest BCUT2D eigenvalue weighted by Gasteiger charge is -2.40. The predicted octanol–water partition coefficient (Wildman–Crippen LogP) is 4.37. The van der Waals surface area contributed by atoms with Crippen LogP contribution in [0.25, 0.3) is 0 Å². The summed E-state index contributed by atoms with van der Waals surface area (Å²) in [5, 5.41) is 14.0. The van der Waals surface area contributed by atoms with E-state index in [9.17, 15) is 24.3 Å². The van der Waals surface area contributed by atoms with Crippen LogP contribution >= 0.6 is 11.6 Å². The number of halogens is 1. The lowest BCUT2D eigenvalue weighted by atomic mass is 9.77. The lowest BCUT2D eigenvalue weighted by molar-refractivity contribution is -0.162. The molecule has 48 heavy (non-hydrogen) atoms. The van der Waals surface area contributed by atoms with Crippen molar-refractivity contribution in [1.82, 2.24) is 10.2 Å². The summed E-state index contributed by atoms with van der Waals surface area (Å²) in [5.41, 5.74) is -0.386. The third-order valence-electron chi connectivity index (χ3n) is 10.3. The Morgan fingerprint density at radius 1 is 1.04 bits per heavy atom. The highest BCUT2D eigenvalue weighted by Crippen LogP contribution is 2.54. The van der Waals surface area contributed by atoms with Crippen LogP contribution in [-0.2, 0) is 28.7 Å². The summed E-state index contributed by atoms with van der Waals surface area (Å²) in [6.45, 7) is 5.44. The number of likely N-dealkylation sites (tertiary alicyclic amines) is 1. The van der Waals surface area contributed by atoms with Crippen molar-refractivity contribution in [3.8, 4) is 0 Å². The highest BCUT2D eigenvalue weighted by Gasteiger charge is 2.73. The second kappa shape index (κ2) is 13.9. The number of para-hydroxylation sites is 1. The number of rotatable bonds is 6. The van der Waals surface area contributed by atoms with Crippen LogP contribution in [0.1, 0.15) is 51.7 Å². The molecule has 9 atom stereocenters. The van der Waals surface area contributed by atoms with Gasteiger partial charge in [-0.2, -0.15) is 0 Å². The molecule has 0 unspecified atom stereocenters. The average Bonchev–Trinajstić information content (AvgIpc) is 3.47. The van der Waals surface area contributed by atoms with Gasteiger partial charge in [0, 0.05) is 13.0 Å². The Balaban J connectivity index is 1.49. The van der Waals surface area contributed by atoms with E-state index >= 15 is 0 Å². The van der Waals surface area contributed by atoms with Gasteiger partial charge in [0.05, 0.1) is 41.4 Å². The second-order valence-electron chi connectivity index (χ2n) is 13.1. The van der Waals surface area contributed by atoms with Gasteiger partial charge in [-0.15, -0.1) is 0 Å². The van der Waals surface area contributed by atoms with Crippen molar-refractivity contribution in [1.29, 1.82) is 0 Å². The van der Waals surface area contributed by atoms with Crippen molar-refractivity contribution in [2.75, 3.05) is 18.1 Å². The molecule has 2 N–H and O–H groups in total. The van der Waals surface area contributed by atoms with E-state index in [-0.39, 0.29) is 31.4 Å². The van der Waals surface area contributed by atoms with Gasteiger partial charge in [-0.05, 0) is 37.0 Å². The predicted molar refractivity (Wildman–Crippen MR) is 180 cm³/mol. The summed E-state index contributed by atoms with van der Waals surface area (Å²) in [6, 6.07) is 13.6. The number of carbonyl (C=O) groups excluding carboxylic acids is 4. The van der Waals surface area contributed by atoms with Crippen LogP contribution in [0.3, 0.4) is 0 Å². The Hall–Kier alpha value is -3.99. The zero-order chi connectivity index (χ0) is 34.2. The summed E-state index contributed by atoms with van der Waals surface area (Å²) in [7, 11) is 0. The first-order chi connectivity index (χ1) is 23.1. The van der Waals surface area contributed by atoms with Gasteiger partial charge in [-0.25, -0.2) is 0 Å². The molecule has 0 saturated carbocycles. The second-order valence-corrected chi connectivity index (χ2v) is 13.5. The maximum atomic E-state index is 14.9. The van der Waals surface area contributed by atoms with Crippen LogP contribution in [0.2, 0.25) is 5.02 Å². The van der Waals surface area contributed by atoms with Gasteiger partial charge in [0.2, 0.25) is 11.8 Å². The van der Waals surface area contributed by atoms with E-state index in [1.165, 1.54) is 9.80 Å². The first-order valence-corrected chi connectivity index (χ1v) is 17.1. The molecule has 0 radical (unpaired) electrons. The minimum Gasteiger partial charge on any atom is -0.455 e. The van der Waals surface area contributed by atoms with Crippen LogP contribution in [-0.4, -0.2) is 76.7 Å². The number of nitrogens with zero attached hydrogens (tertiary/aromatic N) is 2. The minimum absolute atomic E-state index is 0.156. The molecule has 4 heterocycles. The number of ether oxygens (including phenoxy) is 2. The first-order valence-electron chi connectivity index (χ1n) is 16.7. The number of anilines is 1. The van der Waals surface area contributed by atoms with E-state index in [4.69, 9.17) is 21.1 Å². The lowest BCUT2D eigenvalue weighted by Crippen LogP contribution is -2.59. The van der Waals surface area contributed by atoms with E-state index in [1.54, 1.807) is 55.5 Å². The monoisotopic (exact) mass is 675 g/mol. The number of aliphatic hydroxyl groups is 1. The Morgan fingerprint density at radius 3 is 2.48 bits per heavy atom. The number of cyclic esters (lactones) is 1. The van der Waals surface area contributed by atoms with Crippen molar-refractivity contribution in [2.24, 2.45) is 17.8 Å². The van der Waals surface area contributed by atoms with E-state index in [0.29, 0.717) is 29.1 Å². The molecular weight excluding hydrogens is 634 g/mol. The molecule has 10 nitrogen and oxygen atoms in total. The van der Waals surface area contributed by atoms with Gasteiger partial charge < -0.3 is 29.7 Å². The zero-order valence-corrected chi connectivity index (χ0v) is 28.1. The van der Waals surface area contributed by atoms with Gasteiger partial charge in [-0.1, -0.05) is 98.6 Å². The summed E-state index contributed by atoms with van der Waals surface area (Å²) < 4.78 is 13.1. The van der Waals surface area contributed by atoms with E-state index in [1.807, 2.05) is 44.2 Å². The molecular formula is C37H42ClN3O7. The molecule has 2 fully saturated rings. The van der Waals surface area contributed by atoms with E-state index < -0.39 is 65.6 Å². The van der Waals surface area contributed by atoms with E-state index in [2.05, 4.69) is 5.32 Å². The third-order valence-corrected chi connectivity index (χ3v) is 10.6. The summed E-state index contributed by atoms with van der Waals surface area (Å²) in [6.07, 6.45) is 6.45. The summed E-state index contributed by atoms with van der Waals surface area (Å²) >= 11 is 6.59. The van der Waals surface area contributed by atoms with Gasteiger partial charge in [-0.3, -0.25) is 19.2 Å². The molecule has 1 spiro atoms.